The van der Waals surface area contributed by atoms with Crippen molar-refractivity contribution in [2.24, 2.45) is 4.99 Å². The maximum absolute atomic E-state index is 12.3. The molecular formula is C20H20N2O5S. The number of hydrogen-bond donors (Lipinski definition) is 0. The van der Waals surface area contributed by atoms with E-state index in [1.807, 2.05) is 42.5 Å². The van der Waals surface area contributed by atoms with Gasteiger partial charge < -0.3 is 18.8 Å². The van der Waals surface area contributed by atoms with Crippen molar-refractivity contribution >= 4 is 33.4 Å². The Morgan fingerprint density at radius 1 is 1.07 bits per heavy atom. The Balaban J connectivity index is 1.83. The molecule has 0 unspecified atom stereocenters. The minimum absolute atomic E-state index is 0.0323. The number of carbonyl (C=O) groups excluding carboxylic acids is 2. The predicted octanol–water partition coefficient (Wildman–Crippen LogP) is 2.78. The summed E-state index contributed by atoms with van der Waals surface area (Å²) in [7, 11) is 2.90. The van der Waals surface area contributed by atoms with Gasteiger partial charge in [-0.25, -0.2) is 0 Å². The molecule has 0 bridgehead atoms. The molecule has 146 valence electrons. The fraction of sp³-hybridized carbons (Fsp3) is 0.250. The molecular weight excluding hydrogens is 380 g/mol. The molecule has 0 spiro atoms. The highest BCUT2D eigenvalue weighted by Gasteiger charge is 2.12. The lowest BCUT2D eigenvalue weighted by Crippen LogP contribution is -2.22. The number of amides is 1. The minimum atomic E-state index is -0.420. The normalized spacial score (nSPS) is 11.4. The number of esters is 1. The third kappa shape index (κ3) is 4.77. The Morgan fingerprint density at radius 2 is 1.86 bits per heavy atom. The van der Waals surface area contributed by atoms with E-state index < -0.39 is 5.97 Å². The molecule has 3 aromatic rings. The first-order valence-electron chi connectivity index (χ1n) is 8.60. The lowest BCUT2D eigenvalue weighted by molar-refractivity contribution is -0.141. The zero-order valence-electron chi connectivity index (χ0n) is 15.6. The van der Waals surface area contributed by atoms with E-state index >= 15 is 0 Å². The Bertz CT molecular complexity index is 1040. The first-order chi connectivity index (χ1) is 13.6. The van der Waals surface area contributed by atoms with Gasteiger partial charge in [-0.3, -0.25) is 9.59 Å². The molecule has 0 N–H and O–H groups in total. The van der Waals surface area contributed by atoms with Gasteiger partial charge >= 0.3 is 5.97 Å². The van der Waals surface area contributed by atoms with Crippen LogP contribution in [0.2, 0.25) is 0 Å². The quantitative estimate of drug-likeness (QED) is 0.570. The SMILES string of the molecule is COC(=O)Cn1c(=NC(=O)CCOc2ccccc2)sc2cc(OC)ccc21. The molecule has 0 fully saturated rings. The molecule has 0 aliphatic carbocycles. The second kappa shape index (κ2) is 9.18. The van der Waals surface area contributed by atoms with Crippen molar-refractivity contribution in [1.29, 1.82) is 0 Å². The second-order valence-electron chi connectivity index (χ2n) is 5.80. The molecule has 0 aliphatic rings. The Kier molecular flexibility index (Phi) is 6.44. The number of methoxy groups -OCH3 is 2. The number of ether oxygens (including phenoxy) is 3. The largest absolute Gasteiger partial charge is 0.497 e. The van der Waals surface area contributed by atoms with Crippen LogP contribution in [0.15, 0.2) is 53.5 Å². The summed E-state index contributed by atoms with van der Waals surface area (Å²) in [5.74, 6) is 0.642. The summed E-state index contributed by atoms with van der Waals surface area (Å²) in [5, 5.41) is 0. The predicted molar refractivity (Wildman–Crippen MR) is 106 cm³/mol. The number of aromatic nitrogens is 1. The van der Waals surface area contributed by atoms with Crippen molar-refractivity contribution in [3.8, 4) is 11.5 Å². The molecule has 8 heteroatoms. The Hall–Kier alpha value is -3.13. The van der Waals surface area contributed by atoms with E-state index in [-0.39, 0.29) is 25.5 Å². The van der Waals surface area contributed by atoms with Crippen molar-refractivity contribution in [3.05, 3.63) is 53.3 Å². The highest BCUT2D eigenvalue weighted by Crippen LogP contribution is 2.23. The van der Waals surface area contributed by atoms with Crippen LogP contribution in [0.3, 0.4) is 0 Å². The molecule has 0 saturated carbocycles. The summed E-state index contributed by atoms with van der Waals surface area (Å²) in [5.41, 5.74) is 0.781. The third-order valence-corrected chi connectivity index (χ3v) is 4.99. The molecule has 7 nitrogen and oxygen atoms in total. The van der Waals surface area contributed by atoms with Crippen LogP contribution in [-0.4, -0.2) is 37.3 Å². The van der Waals surface area contributed by atoms with Crippen molar-refractivity contribution in [2.45, 2.75) is 13.0 Å². The van der Waals surface area contributed by atoms with Crippen LogP contribution < -0.4 is 14.3 Å². The summed E-state index contributed by atoms with van der Waals surface area (Å²) in [6, 6.07) is 14.7. The molecule has 0 atom stereocenters. The number of fused-ring (bicyclic) bond motifs is 1. The average molecular weight is 400 g/mol. The van der Waals surface area contributed by atoms with Gasteiger partial charge in [0, 0.05) is 0 Å². The van der Waals surface area contributed by atoms with Gasteiger partial charge in [0.1, 0.15) is 18.0 Å². The van der Waals surface area contributed by atoms with Crippen LogP contribution in [0.4, 0.5) is 0 Å². The monoisotopic (exact) mass is 400 g/mol. The average Bonchev–Trinajstić information content (AvgIpc) is 3.04. The van der Waals surface area contributed by atoms with Crippen molar-refractivity contribution in [3.63, 3.8) is 0 Å². The van der Waals surface area contributed by atoms with Gasteiger partial charge in [0.05, 0.1) is 37.5 Å². The number of rotatable bonds is 7. The number of carbonyl (C=O) groups is 2. The van der Waals surface area contributed by atoms with Gasteiger partial charge in [0.2, 0.25) is 0 Å². The number of para-hydroxylation sites is 1. The van der Waals surface area contributed by atoms with E-state index in [1.54, 1.807) is 17.7 Å². The molecule has 1 amide bonds. The van der Waals surface area contributed by atoms with Crippen molar-refractivity contribution in [2.75, 3.05) is 20.8 Å². The van der Waals surface area contributed by atoms with Crippen LogP contribution in [0, 0.1) is 0 Å². The highest BCUT2D eigenvalue weighted by atomic mass is 32.1. The number of benzene rings is 2. The topological polar surface area (TPSA) is 79.1 Å². The second-order valence-corrected chi connectivity index (χ2v) is 6.81. The Labute approximate surface area is 165 Å². The molecule has 0 saturated heterocycles. The lowest BCUT2D eigenvalue weighted by atomic mass is 10.3. The van der Waals surface area contributed by atoms with Crippen LogP contribution in [0.1, 0.15) is 6.42 Å². The van der Waals surface area contributed by atoms with E-state index in [2.05, 4.69) is 4.99 Å². The standard InChI is InChI=1S/C20H20N2O5S/c1-25-15-8-9-16-17(12-15)28-20(22(16)13-19(24)26-2)21-18(23)10-11-27-14-6-4-3-5-7-14/h3-9,12H,10-11,13H2,1-2H3. The number of hydrogen-bond acceptors (Lipinski definition) is 6. The van der Waals surface area contributed by atoms with Crippen molar-refractivity contribution < 1.29 is 23.8 Å². The maximum Gasteiger partial charge on any atom is 0.325 e. The molecule has 1 aromatic heterocycles. The summed E-state index contributed by atoms with van der Waals surface area (Å²) in [6.07, 6.45) is 0.130. The summed E-state index contributed by atoms with van der Waals surface area (Å²) < 4.78 is 18.1. The molecule has 2 aromatic carbocycles. The molecule has 28 heavy (non-hydrogen) atoms. The molecule has 0 radical (unpaired) electrons. The molecule has 3 rings (SSSR count). The van der Waals surface area contributed by atoms with Gasteiger partial charge in [-0.1, -0.05) is 29.5 Å². The molecule has 0 aliphatic heterocycles. The van der Waals surface area contributed by atoms with E-state index in [1.165, 1.54) is 18.4 Å². The van der Waals surface area contributed by atoms with Crippen molar-refractivity contribution in [1.82, 2.24) is 4.57 Å². The van der Waals surface area contributed by atoms with E-state index in [4.69, 9.17) is 14.2 Å². The van der Waals surface area contributed by atoms with Crippen LogP contribution in [0.25, 0.3) is 10.2 Å². The van der Waals surface area contributed by atoms with E-state index in [9.17, 15) is 9.59 Å². The smallest absolute Gasteiger partial charge is 0.325 e. The third-order valence-electron chi connectivity index (χ3n) is 3.95. The van der Waals surface area contributed by atoms with Gasteiger partial charge in [0.25, 0.3) is 5.91 Å². The van der Waals surface area contributed by atoms with Gasteiger partial charge in [-0.15, -0.1) is 0 Å². The first kappa shape index (κ1) is 19.6. The fourth-order valence-electron chi connectivity index (χ4n) is 2.55. The fourth-order valence-corrected chi connectivity index (χ4v) is 3.62. The zero-order valence-corrected chi connectivity index (χ0v) is 16.4. The minimum Gasteiger partial charge on any atom is -0.497 e. The number of thiazole rings is 1. The summed E-state index contributed by atoms with van der Waals surface area (Å²) >= 11 is 1.31. The van der Waals surface area contributed by atoms with E-state index in [0.717, 1.165) is 10.2 Å². The molecule has 1 heterocycles. The van der Waals surface area contributed by atoms with Crippen LogP contribution >= 0.6 is 11.3 Å². The number of nitrogens with zero attached hydrogens (tertiary/aromatic N) is 2. The van der Waals surface area contributed by atoms with Crippen LogP contribution in [0.5, 0.6) is 11.5 Å². The maximum atomic E-state index is 12.3. The highest BCUT2D eigenvalue weighted by molar-refractivity contribution is 7.16. The lowest BCUT2D eigenvalue weighted by Gasteiger charge is -2.05. The van der Waals surface area contributed by atoms with Gasteiger partial charge in [-0.05, 0) is 30.3 Å². The summed E-state index contributed by atoms with van der Waals surface area (Å²) in [6.45, 7) is 0.192. The zero-order chi connectivity index (χ0) is 19.9. The van der Waals surface area contributed by atoms with Gasteiger partial charge in [0.15, 0.2) is 4.80 Å². The summed E-state index contributed by atoms with van der Waals surface area (Å²) in [4.78, 5) is 28.7. The first-order valence-corrected chi connectivity index (χ1v) is 9.42. The van der Waals surface area contributed by atoms with Gasteiger partial charge in [-0.2, -0.15) is 4.99 Å². The Morgan fingerprint density at radius 3 is 2.57 bits per heavy atom. The van der Waals surface area contributed by atoms with E-state index in [0.29, 0.717) is 16.3 Å². The van der Waals surface area contributed by atoms with Crippen LogP contribution in [-0.2, 0) is 20.9 Å².